The van der Waals surface area contributed by atoms with Gasteiger partial charge in [-0.05, 0) is 0 Å². The van der Waals surface area contributed by atoms with E-state index in [9.17, 15) is 14.4 Å². The van der Waals surface area contributed by atoms with Gasteiger partial charge in [0.05, 0.1) is 7.11 Å². The molecule has 1 rings (SSSR count). The first kappa shape index (κ1) is 14.9. The summed E-state index contributed by atoms with van der Waals surface area (Å²) in [4.78, 5) is 34.3. The molecule has 0 aliphatic rings. The molecule has 0 aliphatic heterocycles. The van der Waals surface area contributed by atoms with Crippen LogP contribution in [0.5, 0.6) is 0 Å². The Morgan fingerprint density at radius 3 is 2.32 bits per heavy atom. The maximum Gasteiger partial charge on any atom is 0.305 e. The molecule has 0 bridgehead atoms. The van der Waals surface area contributed by atoms with Crippen LogP contribution in [-0.2, 0) is 19.1 Å². The molecule has 0 spiro atoms. The summed E-state index contributed by atoms with van der Waals surface area (Å²) < 4.78 is 9.47. The largest absolute Gasteiger partial charge is 0.469 e. The van der Waals surface area contributed by atoms with Gasteiger partial charge in [-0.25, -0.2) is 0 Å². The fourth-order valence-corrected chi connectivity index (χ4v) is 1.58. The van der Waals surface area contributed by atoms with E-state index in [1.165, 1.54) is 14.0 Å². The summed E-state index contributed by atoms with van der Waals surface area (Å²) in [6.45, 7) is 1.23. The van der Waals surface area contributed by atoms with Crippen LogP contribution >= 0.6 is 0 Å². The van der Waals surface area contributed by atoms with Gasteiger partial charge in [0, 0.05) is 25.3 Å². The zero-order valence-corrected chi connectivity index (χ0v) is 10.9. The van der Waals surface area contributed by atoms with Crippen molar-refractivity contribution in [3.63, 3.8) is 0 Å². The van der Waals surface area contributed by atoms with Crippen LogP contribution in [0.4, 0.5) is 0 Å². The number of ketones is 1. The van der Waals surface area contributed by atoms with E-state index in [1.807, 2.05) is 0 Å². The van der Waals surface area contributed by atoms with Crippen molar-refractivity contribution in [3.05, 3.63) is 35.9 Å². The summed E-state index contributed by atoms with van der Waals surface area (Å²) in [6.07, 6.45) is -0.827. The van der Waals surface area contributed by atoms with Crippen molar-refractivity contribution in [2.45, 2.75) is 25.9 Å². The first-order chi connectivity index (χ1) is 9.04. The van der Waals surface area contributed by atoms with Crippen molar-refractivity contribution in [2.24, 2.45) is 0 Å². The van der Waals surface area contributed by atoms with Gasteiger partial charge in [-0.1, -0.05) is 30.3 Å². The lowest BCUT2D eigenvalue weighted by atomic mass is 10.0. The summed E-state index contributed by atoms with van der Waals surface area (Å²) in [5.74, 6) is -1.32. The highest BCUT2D eigenvalue weighted by atomic mass is 16.5. The fourth-order valence-electron chi connectivity index (χ4n) is 1.58. The van der Waals surface area contributed by atoms with Crippen molar-refractivity contribution in [2.75, 3.05) is 7.11 Å². The van der Waals surface area contributed by atoms with Crippen molar-refractivity contribution in [3.8, 4) is 0 Å². The smallest absolute Gasteiger partial charge is 0.305 e. The second-order valence-electron chi connectivity index (χ2n) is 3.94. The molecule has 0 fully saturated rings. The van der Waals surface area contributed by atoms with Crippen LogP contribution in [0.3, 0.4) is 0 Å². The van der Waals surface area contributed by atoms with Crippen molar-refractivity contribution in [1.82, 2.24) is 0 Å². The molecule has 1 unspecified atom stereocenters. The molecule has 1 atom stereocenters. The van der Waals surface area contributed by atoms with Gasteiger partial charge in [0.15, 0.2) is 6.10 Å². The molecule has 0 heterocycles. The van der Waals surface area contributed by atoms with E-state index in [-0.39, 0.29) is 18.6 Å². The Labute approximate surface area is 111 Å². The van der Waals surface area contributed by atoms with E-state index in [1.54, 1.807) is 30.3 Å². The van der Waals surface area contributed by atoms with E-state index in [2.05, 4.69) is 4.74 Å². The molecular weight excluding hydrogens is 248 g/mol. The third-order valence-electron chi connectivity index (χ3n) is 2.50. The van der Waals surface area contributed by atoms with Gasteiger partial charge in [0.1, 0.15) is 0 Å². The predicted molar refractivity (Wildman–Crippen MR) is 67.6 cm³/mol. The molecule has 1 aromatic rings. The van der Waals surface area contributed by atoms with Crippen LogP contribution in [0.25, 0.3) is 0 Å². The number of methoxy groups -OCH3 is 1. The number of hydrogen-bond acceptors (Lipinski definition) is 5. The molecule has 0 radical (unpaired) electrons. The molecule has 0 amide bonds. The minimum absolute atomic E-state index is 0.0209. The number of rotatable bonds is 6. The maximum absolute atomic E-state index is 12.2. The maximum atomic E-state index is 12.2. The van der Waals surface area contributed by atoms with Crippen molar-refractivity contribution < 1.29 is 23.9 Å². The molecule has 0 saturated heterocycles. The quantitative estimate of drug-likeness (QED) is 0.578. The third kappa shape index (κ3) is 4.91. The molecule has 0 saturated carbocycles. The Bertz CT molecular complexity index is 452. The summed E-state index contributed by atoms with van der Waals surface area (Å²) in [6, 6.07) is 8.50. The average molecular weight is 264 g/mol. The lowest BCUT2D eigenvalue weighted by Crippen LogP contribution is -2.27. The van der Waals surface area contributed by atoms with E-state index < -0.39 is 18.0 Å². The van der Waals surface area contributed by atoms with Gasteiger partial charge in [0.2, 0.25) is 5.78 Å². The number of Topliss-reactive ketones (excluding diaryl/α,β-unsaturated/α-hetero) is 1. The number of benzene rings is 1. The van der Waals surface area contributed by atoms with E-state index in [0.717, 1.165) is 0 Å². The Morgan fingerprint density at radius 1 is 1.16 bits per heavy atom. The molecule has 1 aromatic carbocycles. The highest BCUT2D eigenvalue weighted by Crippen LogP contribution is 2.12. The zero-order valence-electron chi connectivity index (χ0n) is 10.9. The van der Waals surface area contributed by atoms with Gasteiger partial charge >= 0.3 is 11.9 Å². The SMILES string of the molecule is COC(=O)CCC(OC(C)=O)C(=O)c1ccccc1. The molecular formula is C14H16O5. The van der Waals surface area contributed by atoms with Crippen LogP contribution in [-0.4, -0.2) is 30.9 Å². The zero-order chi connectivity index (χ0) is 14.3. The summed E-state index contributed by atoms with van der Waals surface area (Å²) in [5, 5.41) is 0. The lowest BCUT2D eigenvalue weighted by molar-refractivity contribution is -0.147. The fraction of sp³-hybridized carbons (Fsp3) is 0.357. The van der Waals surface area contributed by atoms with Crippen LogP contribution < -0.4 is 0 Å². The molecule has 5 nitrogen and oxygen atoms in total. The molecule has 0 aromatic heterocycles. The van der Waals surface area contributed by atoms with Crippen LogP contribution in [0.15, 0.2) is 30.3 Å². The number of carbonyl (C=O) groups is 3. The minimum Gasteiger partial charge on any atom is -0.469 e. The molecule has 0 aliphatic carbocycles. The van der Waals surface area contributed by atoms with Gasteiger partial charge in [0.25, 0.3) is 0 Å². The second-order valence-corrected chi connectivity index (χ2v) is 3.94. The number of ether oxygens (including phenoxy) is 2. The van der Waals surface area contributed by atoms with Gasteiger partial charge < -0.3 is 9.47 Å². The lowest BCUT2D eigenvalue weighted by Gasteiger charge is -2.15. The first-order valence-electron chi connectivity index (χ1n) is 5.88. The molecule has 5 heteroatoms. The highest BCUT2D eigenvalue weighted by Gasteiger charge is 2.23. The van der Waals surface area contributed by atoms with E-state index >= 15 is 0 Å². The third-order valence-corrected chi connectivity index (χ3v) is 2.50. The van der Waals surface area contributed by atoms with Gasteiger partial charge in [-0.3, -0.25) is 14.4 Å². The van der Waals surface area contributed by atoms with Crippen LogP contribution in [0.1, 0.15) is 30.1 Å². The number of hydrogen-bond donors (Lipinski definition) is 0. The summed E-state index contributed by atoms with van der Waals surface area (Å²) in [5.41, 5.74) is 0.443. The predicted octanol–water partition coefficient (Wildman–Crippen LogP) is 1.75. The normalized spacial score (nSPS) is 11.5. The Hall–Kier alpha value is -2.17. The topological polar surface area (TPSA) is 69.7 Å². The van der Waals surface area contributed by atoms with Gasteiger partial charge in [-0.2, -0.15) is 0 Å². The van der Waals surface area contributed by atoms with Crippen LogP contribution in [0.2, 0.25) is 0 Å². The Balaban J connectivity index is 2.76. The van der Waals surface area contributed by atoms with Gasteiger partial charge in [-0.15, -0.1) is 0 Å². The highest BCUT2D eigenvalue weighted by molar-refractivity contribution is 6.00. The van der Waals surface area contributed by atoms with Crippen molar-refractivity contribution >= 4 is 17.7 Å². The standard InChI is InChI=1S/C14H16O5/c1-10(15)19-12(8-9-13(16)18-2)14(17)11-6-4-3-5-7-11/h3-7,12H,8-9H2,1-2H3. The monoisotopic (exact) mass is 264 g/mol. The van der Waals surface area contributed by atoms with E-state index in [0.29, 0.717) is 5.56 Å². The number of carbonyl (C=O) groups excluding carboxylic acids is 3. The summed E-state index contributed by atoms with van der Waals surface area (Å²) >= 11 is 0. The molecule has 19 heavy (non-hydrogen) atoms. The number of esters is 2. The average Bonchev–Trinajstić information content (AvgIpc) is 2.42. The Morgan fingerprint density at radius 2 is 1.79 bits per heavy atom. The van der Waals surface area contributed by atoms with Crippen molar-refractivity contribution in [1.29, 1.82) is 0 Å². The second kappa shape index (κ2) is 7.31. The van der Waals surface area contributed by atoms with E-state index in [4.69, 9.17) is 4.74 Å². The van der Waals surface area contributed by atoms with Crippen LogP contribution in [0, 0.1) is 0 Å². The summed E-state index contributed by atoms with van der Waals surface area (Å²) in [7, 11) is 1.27. The molecule has 102 valence electrons. The Kier molecular flexibility index (Phi) is 5.73. The minimum atomic E-state index is -0.959. The first-order valence-corrected chi connectivity index (χ1v) is 5.88. The molecule has 0 N–H and O–H groups in total.